The zero-order valence-corrected chi connectivity index (χ0v) is 17.2. The van der Waals surface area contributed by atoms with Crippen LogP contribution in [0.15, 0.2) is 54.7 Å². The van der Waals surface area contributed by atoms with Crippen LogP contribution in [0.1, 0.15) is 30.5 Å². The van der Waals surface area contributed by atoms with Gasteiger partial charge in [-0.05, 0) is 55.3 Å². The summed E-state index contributed by atoms with van der Waals surface area (Å²) in [5, 5.41) is 4.68. The van der Waals surface area contributed by atoms with Crippen molar-refractivity contribution in [2.75, 3.05) is 39.9 Å². The minimum Gasteiger partial charge on any atom is -0.493 e. The third kappa shape index (κ3) is 4.36. The number of hydrogen-bond acceptors (Lipinski definition) is 5. The molecular formula is C24H29N3O2. The zero-order valence-electron chi connectivity index (χ0n) is 17.2. The molecule has 0 saturated carbocycles. The fraction of sp³-hybridized carbons (Fsp3) is 0.375. The molecule has 2 aromatic carbocycles. The molecule has 2 heterocycles. The first kappa shape index (κ1) is 19.7. The minimum absolute atomic E-state index is 0.122. The number of hydrogen-bond donors (Lipinski definition) is 1. The predicted octanol–water partition coefficient (Wildman–Crippen LogP) is 4.03. The molecule has 3 aromatic rings. The third-order valence-corrected chi connectivity index (χ3v) is 5.47. The van der Waals surface area contributed by atoms with Gasteiger partial charge in [0.25, 0.3) is 0 Å². The summed E-state index contributed by atoms with van der Waals surface area (Å²) in [6, 6.07) is 17.0. The first-order valence-electron chi connectivity index (χ1n) is 10.4. The molecule has 1 atom stereocenters. The van der Waals surface area contributed by atoms with Gasteiger partial charge in [0.05, 0.1) is 25.3 Å². The van der Waals surface area contributed by atoms with Crippen LogP contribution in [0, 0.1) is 0 Å². The van der Waals surface area contributed by atoms with Gasteiger partial charge in [-0.2, -0.15) is 0 Å². The molecule has 5 heteroatoms. The number of methoxy groups -OCH3 is 1. The molecule has 0 radical (unpaired) electrons. The van der Waals surface area contributed by atoms with E-state index in [-0.39, 0.29) is 6.04 Å². The van der Waals surface area contributed by atoms with Crippen molar-refractivity contribution in [3.05, 3.63) is 65.9 Å². The molecule has 0 bridgehead atoms. The summed E-state index contributed by atoms with van der Waals surface area (Å²) >= 11 is 0. The van der Waals surface area contributed by atoms with Crippen molar-refractivity contribution in [2.45, 2.75) is 19.4 Å². The lowest BCUT2D eigenvalue weighted by molar-refractivity contribution is 0.239. The van der Waals surface area contributed by atoms with E-state index in [0.717, 1.165) is 49.6 Å². The maximum atomic E-state index is 5.87. The quantitative estimate of drug-likeness (QED) is 0.688. The van der Waals surface area contributed by atoms with Gasteiger partial charge in [-0.3, -0.25) is 9.88 Å². The molecule has 1 saturated heterocycles. The Balaban J connectivity index is 1.80. The molecule has 1 unspecified atom stereocenters. The van der Waals surface area contributed by atoms with Gasteiger partial charge in [0.2, 0.25) is 0 Å². The maximum Gasteiger partial charge on any atom is 0.161 e. The number of aromatic nitrogens is 1. The second-order valence-electron chi connectivity index (χ2n) is 7.35. The second kappa shape index (κ2) is 9.25. The highest BCUT2D eigenvalue weighted by Crippen LogP contribution is 2.36. The van der Waals surface area contributed by atoms with Crippen molar-refractivity contribution < 1.29 is 9.47 Å². The molecule has 4 rings (SSSR count). The van der Waals surface area contributed by atoms with Gasteiger partial charge >= 0.3 is 0 Å². The molecule has 152 valence electrons. The van der Waals surface area contributed by atoms with E-state index >= 15 is 0 Å². The molecule has 0 spiro atoms. The molecule has 5 nitrogen and oxygen atoms in total. The van der Waals surface area contributed by atoms with Gasteiger partial charge in [0, 0.05) is 31.2 Å². The topological polar surface area (TPSA) is 46.6 Å². The number of pyridine rings is 1. The normalized spacial score (nSPS) is 16.3. The van der Waals surface area contributed by atoms with E-state index in [1.165, 1.54) is 16.5 Å². The van der Waals surface area contributed by atoms with Crippen LogP contribution < -0.4 is 14.8 Å². The van der Waals surface area contributed by atoms with Crippen molar-refractivity contribution in [1.82, 2.24) is 15.2 Å². The summed E-state index contributed by atoms with van der Waals surface area (Å²) in [6.45, 7) is 6.69. The SMILES string of the molecule is CCOc1cc(C(c2cnc3ccccc3c2)N2CCCNCC2)ccc1OC. The van der Waals surface area contributed by atoms with Crippen LogP contribution in [-0.4, -0.2) is 49.8 Å². The molecular weight excluding hydrogens is 362 g/mol. The Kier molecular flexibility index (Phi) is 6.27. The van der Waals surface area contributed by atoms with Crippen molar-refractivity contribution in [3.8, 4) is 11.5 Å². The number of nitrogens with one attached hydrogen (secondary N) is 1. The van der Waals surface area contributed by atoms with Crippen LogP contribution >= 0.6 is 0 Å². The third-order valence-electron chi connectivity index (χ3n) is 5.47. The highest BCUT2D eigenvalue weighted by molar-refractivity contribution is 5.79. The molecule has 1 N–H and O–H groups in total. The van der Waals surface area contributed by atoms with E-state index < -0.39 is 0 Å². The van der Waals surface area contributed by atoms with Crippen LogP contribution in [0.25, 0.3) is 10.9 Å². The molecule has 0 aliphatic carbocycles. The van der Waals surface area contributed by atoms with Crippen LogP contribution in [-0.2, 0) is 0 Å². The van der Waals surface area contributed by atoms with Crippen molar-refractivity contribution in [2.24, 2.45) is 0 Å². The van der Waals surface area contributed by atoms with Crippen molar-refractivity contribution in [3.63, 3.8) is 0 Å². The van der Waals surface area contributed by atoms with Gasteiger partial charge in [-0.25, -0.2) is 0 Å². The van der Waals surface area contributed by atoms with Gasteiger partial charge in [-0.1, -0.05) is 24.3 Å². The van der Waals surface area contributed by atoms with E-state index in [1.807, 2.05) is 25.3 Å². The lowest BCUT2D eigenvalue weighted by Gasteiger charge is -2.31. The Morgan fingerprint density at radius 2 is 1.93 bits per heavy atom. The van der Waals surface area contributed by atoms with E-state index in [4.69, 9.17) is 14.5 Å². The molecule has 1 fully saturated rings. The molecule has 1 aliphatic rings. The molecule has 1 aromatic heterocycles. The highest BCUT2D eigenvalue weighted by atomic mass is 16.5. The van der Waals surface area contributed by atoms with E-state index in [9.17, 15) is 0 Å². The first-order valence-corrected chi connectivity index (χ1v) is 10.4. The van der Waals surface area contributed by atoms with Crippen molar-refractivity contribution in [1.29, 1.82) is 0 Å². The van der Waals surface area contributed by atoms with Gasteiger partial charge in [0.1, 0.15) is 0 Å². The number of nitrogens with zero attached hydrogens (tertiary/aromatic N) is 2. The van der Waals surface area contributed by atoms with Crippen LogP contribution in [0.4, 0.5) is 0 Å². The van der Waals surface area contributed by atoms with E-state index in [2.05, 4.69) is 46.6 Å². The lowest BCUT2D eigenvalue weighted by Crippen LogP contribution is -2.33. The molecule has 0 amide bonds. The number of benzene rings is 2. The molecule has 1 aliphatic heterocycles. The van der Waals surface area contributed by atoms with Gasteiger partial charge in [-0.15, -0.1) is 0 Å². The largest absolute Gasteiger partial charge is 0.493 e. The Bertz CT molecular complexity index is 952. The fourth-order valence-corrected chi connectivity index (χ4v) is 4.11. The number of fused-ring (bicyclic) bond motifs is 1. The number of ether oxygens (including phenoxy) is 2. The highest BCUT2D eigenvalue weighted by Gasteiger charge is 2.25. The summed E-state index contributed by atoms with van der Waals surface area (Å²) in [4.78, 5) is 7.29. The summed E-state index contributed by atoms with van der Waals surface area (Å²) in [7, 11) is 1.68. The fourth-order valence-electron chi connectivity index (χ4n) is 4.11. The lowest BCUT2D eigenvalue weighted by atomic mass is 9.96. The predicted molar refractivity (Wildman–Crippen MR) is 117 cm³/mol. The molecule has 29 heavy (non-hydrogen) atoms. The van der Waals surface area contributed by atoms with Gasteiger partial charge in [0.15, 0.2) is 11.5 Å². The summed E-state index contributed by atoms with van der Waals surface area (Å²) in [6.07, 6.45) is 3.15. The van der Waals surface area contributed by atoms with E-state index in [1.54, 1.807) is 7.11 Å². The summed E-state index contributed by atoms with van der Waals surface area (Å²) in [5.41, 5.74) is 3.43. The Labute approximate surface area is 172 Å². The van der Waals surface area contributed by atoms with Crippen LogP contribution in [0.3, 0.4) is 0 Å². The Hall–Kier alpha value is -2.63. The minimum atomic E-state index is 0.122. The van der Waals surface area contributed by atoms with Gasteiger partial charge < -0.3 is 14.8 Å². The smallest absolute Gasteiger partial charge is 0.161 e. The monoisotopic (exact) mass is 391 g/mol. The first-order chi connectivity index (χ1) is 14.3. The number of rotatable bonds is 6. The Morgan fingerprint density at radius 1 is 1.03 bits per heavy atom. The average Bonchev–Trinajstić information content (AvgIpc) is 3.04. The summed E-state index contributed by atoms with van der Waals surface area (Å²) in [5.74, 6) is 1.56. The van der Waals surface area contributed by atoms with E-state index in [0.29, 0.717) is 6.61 Å². The van der Waals surface area contributed by atoms with Crippen LogP contribution in [0.5, 0.6) is 11.5 Å². The standard InChI is InChI=1S/C24H29N3O2/c1-3-29-23-16-19(9-10-22(23)28-2)24(27-13-6-11-25-12-14-27)20-15-18-7-4-5-8-21(18)26-17-20/h4-5,7-10,15-17,24-25H,3,6,11-14H2,1-2H3. The van der Waals surface area contributed by atoms with Crippen molar-refractivity contribution >= 4 is 10.9 Å². The zero-order chi connectivity index (χ0) is 20.1. The second-order valence-corrected chi connectivity index (χ2v) is 7.35. The maximum absolute atomic E-state index is 5.87. The number of para-hydroxylation sites is 1. The average molecular weight is 392 g/mol. The van der Waals surface area contributed by atoms with Crippen LogP contribution in [0.2, 0.25) is 0 Å². The summed E-state index contributed by atoms with van der Waals surface area (Å²) < 4.78 is 11.4. The Morgan fingerprint density at radius 3 is 2.79 bits per heavy atom.